The molecule has 2 heteroatoms. The van der Waals surface area contributed by atoms with Gasteiger partial charge in [0, 0.05) is 18.6 Å². The van der Waals surface area contributed by atoms with Gasteiger partial charge in [0.2, 0.25) is 10.7 Å². The van der Waals surface area contributed by atoms with E-state index in [0.717, 1.165) is 5.92 Å². The van der Waals surface area contributed by atoms with Crippen LogP contribution >= 0.6 is 11.3 Å². The highest BCUT2D eigenvalue weighted by molar-refractivity contribution is 7.11. The Morgan fingerprint density at radius 2 is 1.68 bits per heavy atom. The van der Waals surface area contributed by atoms with Crippen LogP contribution in [0.4, 0.5) is 0 Å². The second kappa shape index (κ2) is 5.81. The molecule has 1 aromatic carbocycles. The minimum absolute atomic E-state index is 0.175. The van der Waals surface area contributed by atoms with E-state index < -0.39 is 0 Å². The third-order valence-corrected chi connectivity index (χ3v) is 6.66. The summed E-state index contributed by atoms with van der Waals surface area (Å²) in [5.41, 5.74) is 4.35. The SMILES string of the molecule is Cc1ccccc1-[n+]1c(C(C)(C)C)sc(C2CCCC2)c1C. The third kappa shape index (κ3) is 2.74. The molecular weight excluding hydrogens is 286 g/mol. The number of rotatable bonds is 2. The molecule has 0 unspecified atom stereocenters. The Bertz CT molecular complexity index is 670. The average molecular weight is 315 g/mol. The summed E-state index contributed by atoms with van der Waals surface area (Å²) >= 11 is 2.06. The molecule has 0 N–H and O–H groups in total. The van der Waals surface area contributed by atoms with Crippen LogP contribution in [0.3, 0.4) is 0 Å². The minimum atomic E-state index is 0.175. The summed E-state index contributed by atoms with van der Waals surface area (Å²) in [6.07, 6.45) is 5.55. The van der Waals surface area contributed by atoms with Gasteiger partial charge in [-0.05, 0) is 46.5 Å². The smallest absolute Gasteiger partial charge is 0.151 e. The van der Waals surface area contributed by atoms with E-state index in [1.807, 2.05) is 0 Å². The fourth-order valence-electron chi connectivity index (χ4n) is 3.65. The molecule has 0 atom stereocenters. The molecule has 22 heavy (non-hydrogen) atoms. The van der Waals surface area contributed by atoms with E-state index in [2.05, 4.69) is 74.8 Å². The van der Waals surface area contributed by atoms with E-state index in [9.17, 15) is 0 Å². The molecule has 3 rings (SSSR count). The zero-order valence-corrected chi connectivity index (χ0v) is 15.4. The van der Waals surface area contributed by atoms with E-state index in [-0.39, 0.29) is 5.41 Å². The minimum Gasteiger partial charge on any atom is -0.151 e. The van der Waals surface area contributed by atoms with Crippen LogP contribution in [0.5, 0.6) is 0 Å². The largest absolute Gasteiger partial charge is 0.248 e. The number of aryl methyl sites for hydroxylation is 1. The molecule has 0 amide bonds. The van der Waals surface area contributed by atoms with Crippen molar-refractivity contribution >= 4 is 11.3 Å². The van der Waals surface area contributed by atoms with E-state index in [4.69, 9.17) is 0 Å². The van der Waals surface area contributed by atoms with Crippen LogP contribution in [0.1, 0.15) is 73.5 Å². The highest BCUT2D eigenvalue weighted by Crippen LogP contribution is 2.41. The number of aromatic nitrogens is 1. The molecule has 0 spiro atoms. The zero-order valence-electron chi connectivity index (χ0n) is 14.6. The van der Waals surface area contributed by atoms with Crippen LogP contribution in [0.2, 0.25) is 0 Å². The second-order valence-corrected chi connectivity index (χ2v) is 8.74. The summed E-state index contributed by atoms with van der Waals surface area (Å²) in [6, 6.07) is 8.79. The van der Waals surface area contributed by atoms with Crippen molar-refractivity contribution in [3.8, 4) is 5.69 Å². The number of benzene rings is 1. The van der Waals surface area contributed by atoms with Gasteiger partial charge in [0.25, 0.3) is 0 Å². The lowest BCUT2D eigenvalue weighted by Crippen LogP contribution is -2.41. The van der Waals surface area contributed by atoms with Crippen molar-refractivity contribution in [2.45, 2.75) is 71.6 Å². The van der Waals surface area contributed by atoms with Crippen LogP contribution in [0.15, 0.2) is 24.3 Å². The number of nitrogens with zero attached hydrogens (tertiary/aromatic N) is 1. The Morgan fingerprint density at radius 3 is 2.27 bits per heavy atom. The van der Waals surface area contributed by atoms with Crippen molar-refractivity contribution in [2.24, 2.45) is 0 Å². The van der Waals surface area contributed by atoms with Crippen LogP contribution < -0.4 is 4.57 Å². The standard InChI is InChI=1S/C20H28NS/c1-14-10-6-9-13-17(14)21-15(2)18(16-11-7-8-12-16)22-19(21)20(3,4)5/h6,9-10,13,16H,7-8,11-12H2,1-5H3/q+1. The van der Waals surface area contributed by atoms with Gasteiger partial charge in [0.15, 0.2) is 5.69 Å². The molecule has 1 saturated carbocycles. The topological polar surface area (TPSA) is 3.88 Å². The van der Waals surface area contributed by atoms with E-state index >= 15 is 0 Å². The van der Waals surface area contributed by atoms with Gasteiger partial charge in [0.1, 0.15) is 0 Å². The normalized spacial score (nSPS) is 16.4. The van der Waals surface area contributed by atoms with Crippen LogP contribution in [0, 0.1) is 13.8 Å². The summed E-state index contributed by atoms with van der Waals surface area (Å²) in [4.78, 5) is 1.63. The molecule has 0 radical (unpaired) electrons. The van der Waals surface area contributed by atoms with Gasteiger partial charge in [-0.3, -0.25) is 0 Å². The van der Waals surface area contributed by atoms with Gasteiger partial charge in [0.05, 0.1) is 10.3 Å². The van der Waals surface area contributed by atoms with Crippen molar-refractivity contribution in [2.75, 3.05) is 0 Å². The molecule has 1 aliphatic carbocycles. The molecule has 2 aromatic rings. The van der Waals surface area contributed by atoms with Gasteiger partial charge in [-0.25, -0.2) is 0 Å². The van der Waals surface area contributed by atoms with Crippen molar-refractivity contribution in [3.63, 3.8) is 0 Å². The highest BCUT2D eigenvalue weighted by atomic mass is 32.1. The van der Waals surface area contributed by atoms with Crippen molar-refractivity contribution in [1.82, 2.24) is 0 Å². The molecule has 0 saturated heterocycles. The van der Waals surface area contributed by atoms with Gasteiger partial charge in [-0.2, -0.15) is 4.57 Å². The summed E-state index contributed by atoms with van der Waals surface area (Å²) in [5, 5.41) is 1.49. The Kier molecular flexibility index (Phi) is 4.15. The zero-order chi connectivity index (χ0) is 15.9. The molecule has 1 aromatic heterocycles. The lowest BCUT2D eigenvalue weighted by Gasteiger charge is -2.13. The quantitative estimate of drug-likeness (QED) is 0.636. The van der Waals surface area contributed by atoms with Crippen LogP contribution in [-0.2, 0) is 5.41 Å². The fourth-order valence-corrected chi connectivity index (χ4v) is 5.13. The summed E-state index contributed by atoms with van der Waals surface area (Å²) in [5.74, 6) is 0.788. The first kappa shape index (κ1) is 15.7. The molecule has 0 aliphatic heterocycles. The highest BCUT2D eigenvalue weighted by Gasteiger charge is 2.37. The summed E-state index contributed by atoms with van der Waals surface area (Å²) < 4.78 is 2.54. The first-order valence-corrected chi connectivity index (χ1v) is 9.33. The Labute approximate surface area is 139 Å². The average Bonchev–Trinajstić information content (AvgIpc) is 3.06. The maximum atomic E-state index is 2.54. The van der Waals surface area contributed by atoms with Crippen LogP contribution in [0.25, 0.3) is 5.69 Å². The van der Waals surface area contributed by atoms with Crippen molar-refractivity contribution in [3.05, 3.63) is 45.4 Å². The summed E-state index contributed by atoms with van der Waals surface area (Å²) in [6.45, 7) is 11.6. The van der Waals surface area contributed by atoms with Crippen LogP contribution in [-0.4, -0.2) is 0 Å². The molecule has 1 heterocycles. The molecular formula is C20H28NS+. The third-order valence-electron chi connectivity index (χ3n) is 4.83. The molecule has 1 fully saturated rings. The predicted molar refractivity (Wildman–Crippen MR) is 95.2 cm³/mol. The van der Waals surface area contributed by atoms with Crippen molar-refractivity contribution < 1.29 is 4.57 Å². The molecule has 118 valence electrons. The van der Waals surface area contributed by atoms with Gasteiger partial charge in [-0.1, -0.05) is 42.4 Å². The molecule has 1 nitrogen and oxygen atoms in total. The van der Waals surface area contributed by atoms with E-state index in [1.165, 1.54) is 47.6 Å². The maximum Gasteiger partial charge on any atom is 0.248 e. The number of hydrogen-bond acceptors (Lipinski definition) is 1. The predicted octanol–water partition coefficient (Wildman–Crippen LogP) is 5.60. The van der Waals surface area contributed by atoms with Gasteiger partial charge >= 0.3 is 0 Å². The summed E-state index contributed by atoms with van der Waals surface area (Å²) in [7, 11) is 0. The Hall–Kier alpha value is -1.15. The monoisotopic (exact) mass is 314 g/mol. The van der Waals surface area contributed by atoms with Crippen molar-refractivity contribution in [1.29, 1.82) is 0 Å². The first-order valence-electron chi connectivity index (χ1n) is 8.51. The number of thiazole rings is 1. The molecule has 0 bridgehead atoms. The first-order chi connectivity index (χ1) is 10.4. The lowest BCUT2D eigenvalue weighted by atomic mass is 9.97. The van der Waals surface area contributed by atoms with E-state index in [1.54, 1.807) is 4.88 Å². The molecule has 1 aliphatic rings. The van der Waals surface area contributed by atoms with Gasteiger partial charge < -0.3 is 0 Å². The maximum absolute atomic E-state index is 2.54. The number of para-hydroxylation sites is 1. The number of hydrogen-bond donors (Lipinski definition) is 0. The van der Waals surface area contributed by atoms with E-state index in [0.29, 0.717) is 0 Å². The second-order valence-electron chi connectivity index (χ2n) is 7.71. The Morgan fingerprint density at radius 1 is 1.05 bits per heavy atom. The fraction of sp³-hybridized carbons (Fsp3) is 0.550. The van der Waals surface area contributed by atoms with Gasteiger partial charge in [-0.15, -0.1) is 0 Å². The lowest BCUT2D eigenvalue weighted by molar-refractivity contribution is -0.609. The Balaban J connectivity index is 2.21.